The van der Waals surface area contributed by atoms with Crippen LogP contribution in [0.4, 0.5) is 9.39 Å². The Morgan fingerprint density at radius 3 is 2.67 bits per heavy atom. The number of Topliss-reactive ketones (excluding diaryl/α,β-unsaturated/α-hetero) is 1. The van der Waals surface area contributed by atoms with Gasteiger partial charge in [-0.05, 0) is 23.8 Å². The van der Waals surface area contributed by atoms with Gasteiger partial charge in [0.1, 0.15) is 11.7 Å². The van der Waals surface area contributed by atoms with Crippen LogP contribution in [0.25, 0.3) is 0 Å². The van der Waals surface area contributed by atoms with Crippen molar-refractivity contribution in [1.82, 2.24) is 0 Å². The summed E-state index contributed by atoms with van der Waals surface area (Å²) in [6.45, 7) is 0. The van der Waals surface area contributed by atoms with Crippen LogP contribution in [0.5, 0.6) is 0 Å². The molecule has 8 heteroatoms. The molecule has 0 spiro atoms. The number of benzene rings is 1. The molecule has 0 bridgehead atoms. The molecule has 1 aromatic heterocycles. The first-order valence-electron chi connectivity index (χ1n) is 5.57. The number of ketones is 1. The van der Waals surface area contributed by atoms with Gasteiger partial charge in [0.15, 0.2) is 5.78 Å². The lowest BCUT2D eigenvalue weighted by Gasteiger charge is -2.09. The second-order valence-corrected chi connectivity index (χ2v) is 5.46. The van der Waals surface area contributed by atoms with Gasteiger partial charge in [0, 0.05) is 11.1 Å². The van der Waals surface area contributed by atoms with Gasteiger partial charge in [-0.2, -0.15) is 5.26 Å². The maximum absolute atomic E-state index is 13.0. The van der Waals surface area contributed by atoms with Crippen molar-refractivity contribution in [3.63, 3.8) is 0 Å². The Bertz CT molecular complexity index is 769. The van der Waals surface area contributed by atoms with Crippen LogP contribution in [-0.2, 0) is 0 Å². The molecule has 0 aliphatic carbocycles. The van der Waals surface area contributed by atoms with Gasteiger partial charge >= 0.3 is 5.00 Å². The number of rotatable bonds is 4. The maximum atomic E-state index is 13.0. The molecule has 0 N–H and O–H groups in total. The number of carbonyl (C=O) groups excluding carboxylic acids is 1. The molecule has 2 aromatic rings. The zero-order chi connectivity index (χ0) is 15.6. The Kier molecular flexibility index (Phi) is 4.31. The van der Waals surface area contributed by atoms with Gasteiger partial charge in [0.25, 0.3) is 0 Å². The molecular formula is C13H6ClFN2O3S. The summed E-state index contributed by atoms with van der Waals surface area (Å²) in [5.74, 6) is -2.43. The van der Waals surface area contributed by atoms with Crippen molar-refractivity contribution < 1.29 is 14.1 Å². The highest BCUT2D eigenvalue weighted by Gasteiger charge is 2.27. The van der Waals surface area contributed by atoms with Crippen molar-refractivity contribution in [1.29, 1.82) is 5.26 Å². The normalized spacial score (nSPS) is 11.7. The van der Waals surface area contributed by atoms with Crippen LogP contribution < -0.4 is 0 Å². The summed E-state index contributed by atoms with van der Waals surface area (Å²) in [6.07, 6.45) is 0. The molecule has 5 nitrogen and oxygen atoms in total. The number of carbonyl (C=O) groups is 1. The summed E-state index contributed by atoms with van der Waals surface area (Å²) in [4.78, 5) is 22.3. The largest absolute Gasteiger partial charge is 0.324 e. The molecule has 1 heterocycles. The molecule has 2 rings (SSSR count). The van der Waals surface area contributed by atoms with E-state index in [4.69, 9.17) is 16.9 Å². The molecule has 0 amide bonds. The predicted molar refractivity (Wildman–Crippen MR) is 75.1 cm³/mol. The molecular weight excluding hydrogens is 319 g/mol. The number of nitro groups is 1. The van der Waals surface area contributed by atoms with E-state index in [-0.39, 0.29) is 20.5 Å². The van der Waals surface area contributed by atoms with Crippen molar-refractivity contribution in [2.45, 2.75) is 5.92 Å². The lowest BCUT2D eigenvalue weighted by atomic mass is 9.95. The summed E-state index contributed by atoms with van der Waals surface area (Å²) in [6, 6.07) is 7.63. The van der Waals surface area contributed by atoms with E-state index in [0.717, 1.165) is 12.1 Å². The number of hydrogen-bond donors (Lipinski definition) is 0. The van der Waals surface area contributed by atoms with Crippen molar-refractivity contribution in [3.8, 4) is 6.07 Å². The fraction of sp³-hybridized carbons (Fsp3) is 0.0769. The lowest BCUT2D eigenvalue weighted by Crippen LogP contribution is -2.10. The van der Waals surface area contributed by atoms with Crippen LogP contribution in [0, 0.1) is 27.3 Å². The minimum atomic E-state index is -1.24. The number of nitrogens with zero attached hydrogens (tertiary/aromatic N) is 2. The monoisotopic (exact) mass is 324 g/mol. The molecule has 0 aliphatic heterocycles. The molecule has 0 aliphatic rings. The zero-order valence-electron chi connectivity index (χ0n) is 10.2. The van der Waals surface area contributed by atoms with Crippen molar-refractivity contribution >= 4 is 33.7 Å². The van der Waals surface area contributed by atoms with Crippen LogP contribution in [-0.4, -0.2) is 10.7 Å². The fourth-order valence-electron chi connectivity index (χ4n) is 1.71. The van der Waals surface area contributed by atoms with E-state index >= 15 is 0 Å². The van der Waals surface area contributed by atoms with Gasteiger partial charge in [-0.3, -0.25) is 14.9 Å². The molecule has 1 aromatic carbocycles. The molecule has 0 fully saturated rings. The van der Waals surface area contributed by atoms with Crippen LogP contribution in [0.3, 0.4) is 0 Å². The molecule has 0 saturated heterocycles. The first-order valence-corrected chi connectivity index (χ1v) is 6.76. The Morgan fingerprint density at radius 1 is 1.43 bits per heavy atom. The number of halogens is 2. The van der Waals surface area contributed by atoms with E-state index in [2.05, 4.69) is 0 Å². The minimum absolute atomic E-state index is 0.0408. The first-order chi connectivity index (χ1) is 9.93. The van der Waals surface area contributed by atoms with Gasteiger partial charge in [-0.15, -0.1) is 0 Å². The Morgan fingerprint density at radius 2 is 2.14 bits per heavy atom. The maximum Gasteiger partial charge on any atom is 0.324 e. The minimum Gasteiger partial charge on any atom is -0.291 e. The van der Waals surface area contributed by atoms with E-state index in [0.29, 0.717) is 11.3 Å². The average Bonchev–Trinajstić information content (AvgIpc) is 2.91. The van der Waals surface area contributed by atoms with Crippen molar-refractivity contribution in [2.75, 3.05) is 0 Å². The smallest absolute Gasteiger partial charge is 0.291 e. The average molecular weight is 325 g/mol. The third-order valence-electron chi connectivity index (χ3n) is 2.68. The quantitative estimate of drug-likeness (QED) is 0.484. The second kappa shape index (κ2) is 5.99. The van der Waals surface area contributed by atoms with Crippen LogP contribution in [0.15, 0.2) is 30.3 Å². The summed E-state index contributed by atoms with van der Waals surface area (Å²) in [5.41, 5.74) is 0.168. The molecule has 1 atom stereocenters. The van der Waals surface area contributed by atoms with E-state index < -0.39 is 22.4 Å². The van der Waals surface area contributed by atoms with Crippen molar-refractivity contribution in [2.24, 2.45) is 0 Å². The number of hydrogen-bond acceptors (Lipinski definition) is 5. The predicted octanol–water partition coefficient (Wildman–Crippen LogP) is 3.94. The van der Waals surface area contributed by atoms with Gasteiger partial charge < -0.3 is 0 Å². The molecule has 106 valence electrons. The van der Waals surface area contributed by atoms with E-state index in [1.54, 1.807) is 6.07 Å². The Hall–Kier alpha value is -2.30. The molecule has 0 saturated carbocycles. The SMILES string of the molecule is N#CC(C(=O)c1ccc([N+](=O)[O-])s1)c1ccc(F)cc1Cl. The number of nitriles is 1. The Labute approximate surface area is 127 Å². The van der Waals surface area contributed by atoms with Gasteiger partial charge in [0.2, 0.25) is 0 Å². The van der Waals surface area contributed by atoms with Gasteiger partial charge in [-0.1, -0.05) is 29.0 Å². The van der Waals surface area contributed by atoms with Crippen LogP contribution in [0.2, 0.25) is 5.02 Å². The van der Waals surface area contributed by atoms with Crippen LogP contribution >= 0.6 is 22.9 Å². The first kappa shape index (κ1) is 15.1. The summed E-state index contributed by atoms with van der Waals surface area (Å²) < 4.78 is 13.0. The summed E-state index contributed by atoms with van der Waals surface area (Å²) in [7, 11) is 0. The Balaban J connectivity index is 2.38. The van der Waals surface area contributed by atoms with Gasteiger partial charge in [-0.25, -0.2) is 4.39 Å². The zero-order valence-corrected chi connectivity index (χ0v) is 11.8. The second-order valence-electron chi connectivity index (χ2n) is 3.99. The highest BCUT2D eigenvalue weighted by molar-refractivity contribution is 7.17. The highest BCUT2D eigenvalue weighted by atomic mass is 35.5. The molecule has 1 unspecified atom stereocenters. The van der Waals surface area contributed by atoms with E-state index in [1.807, 2.05) is 0 Å². The van der Waals surface area contributed by atoms with E-state index in [1.165, 1.54) is 18.2 Å². The van der Waals surface area contributed by atoms with Crippen LogP contribution in [0.1, 0.15) is 21.2 Å². The van der Waals surface area contributed by atoms with E-state index in [9.17, 15) is 19.3 Å². The summed E-state index contributed by atoms with van der Waals surface area (Å²) in [5, 5.41) is 19.5. The van der Waals surface area contributed by atoms with Gasteiger partial charge in [0.05, 0.1) is 15.9 Å². The standard InChI is InChI=1S/C13H6ClFN2O3S/c14-10-5-7(15)1-2-8(10)9(6-16)13(18)11-3-4-12(21-11)17(19)20/h1-5,9H. The van der Waals surface area contributed by atoms with Crippen molar-refractivity contribution in [3.05, 3.63) is 61.7 Å². The number of thiophene rings is 1. The third-order valence-corrected chi connectivity index (χ3v) is 4.06. The lowest BCUT2D eigenvalue weighted by molar-refractivity contribution is -0.380. The third kappa shape index (κ3) is 3.07. The topological polar surface area (TPSA) is 84.0 Å². The molecule has 0 radical (unpaired) electrons. The summed E-state index contributed by atoms with van der Waals surface area (Å²) >= 11 is 6.52. The highest BCUT2D eigenvalue weighted by Crippen LogP contribution is 2.32. The molecule has 21 heavy (non-hydrogen) atoms. The fourth-order valence-corrected chi connectivity index (χ4v) is 2.77.